The fraction of sp³-hybridized carbons (Fsp3) is 0.385. The Labute approximate surface area is 100 Å². The number of benzene rings is 1. The molecule has 0 aliphatic carbocycles. The van der Waals surface area contributed by atoms with Gasteiger partial charge in [0.2, 0.25) is 5.91 Å². The van der Waals surface area contributed by atoms with Gasteiger partial charge in [0, 0.05) is 13.0 Å². The SMILES string of the molecule is CNC(=O)C1NCCC2C1=Nc1ccccc12. The molecule has 0 aromatic heterocycles. The number of nitrogens with one attached hydrogen (secondary N) is 2. The van der Waals surface area contributed by atoms with E-state index < -0.39 is 0 Å². The molecule has 4 heteroatoms. The number of hydrogen-bond acceptors (Lipinski definition) is 3. The van der Waals surface area contributed by atoms with Crippen molar-refractivity contribution in [2.75, 3.05) is 13.6 Å². The van der Waals surface area contributed by atoms with Crippen LogP contribution in [-0.4, -0.2) is 31.3 Å². The van der Waals surface area contributed by atoms with Crippen LogP contribution in [0.4, 0.5) is 5.69 Å². The molecule has 0 saturated carbocycles. The van der Waals surface area contributed by atoms with Crippen molar-refractivity contribution in [2.24, 2.45) is 4.99 Å². The second-order valence-electron chi connectivity index (χ2n) is 4.44. The summed E-state index contributed by atoms with van der Waals surface area (Å²) in [6, 6.07) is 7.88. The highest BCUT2D eigenvalue weighted by atomic mass is 16.2. The van der Waals surface area contributed by atoms with E-state index in [2.05, 4.69) is 21.7 Å². The first-order valence-electron chi connectivity index (χ1n) is 5.93. The molecule has 0 spiro atoms. The molecule has 0 radical (unpaired) electrons. The van der Waals surface area contributed by atoms with Crippen LogP contribution >= 0.6 is 0 Å². The van der Waals surface area contributed by atoms with E-state index in [9.17, 15) is 4.79 Å². The molecule has 4 nitrogen and oxygen atoms in total. The lowest BCUT2D eigenvalue weighted by Crippen LogP contribution is -2.53. The summed E-state index contributed by atoms with van der Waals surface area (Å²) in [6.45, 7) is 0.857. The summed E-state index contributed by atoms with van der Waals surface area (Å²) < 4.78 is 0. The van der Waals surface area contributed by atoms with Crippen LogP contribution in [0.3, 0.4) is 0 Å². The molecule has 2 aliphatic heterocycles. The maximum absolute atomic E-state index is 11.8. The number of rotatable bonds is 1. The first-order valence-corrected chi connectivity index (χ1v) is 5.93. The highest BCUT2D eigenvalue weighted by Gasteiger charge is 2.38. The summed E-state index contributed by atoms with van der Waals surface area (Å²) in [7, 11) is 1.66. The maximum atomic E-state index is 11.8. The van der Waals surface area contributed by atoms with E-state index in [1.165, 1.54) is 5.56 Å². The molecule has 17 heavy (non-hydrogen) atoms. The lowest BCUT2D eigenvalue weighted by Gasteiger charge is -2.28. The quantitative estimate of drug-likeness (QED) is 0.753. The van der Waals surface area contributed by atoms with Crippen LogP contribution in [0.15, 0.2) is 29.3 Å². The number of fused-ring (bicyclic) bond motifs is 3. The number of hydrogen-bond donors (Lipinski definition) is 2. The molecule has 2 aliphatic rings. The van der Waals surface area contributed by atoms with Gasteiger partial charge < -0.3 is 10.6 Å². The third kappa shape index (κ3) is 1.56. The standard InChI is InChI=1S/C13H15N3O/c1-14-13(17)12-11-9(6-7-15-12)8-4-2-3-5-10(8)16-11/h2-5,9,12,15H,6-7H2,1H3,(H,14,17). The molecular formula is C13H15N3O. The Morgan fingerprint density at radius 1 is 1.47 bits per heavy atom. The molecule has 1 aromatic rings. The highest BCUT2D eigenvalue weighted by molar-refractivity contribution is 6.14. The van der Waals surface area contributed by atoms with Gasteiger partial charge in [-0.25, -0.2) is 0 Å². The lowest BCUT2D eigenvalue weighted by atomic mass is 9.86. The monoisotopic (exact) mass is 229 g/mol. The highest BCUT2D eigenvalue weighted by Crippen LogP contribution is 2.39. The number of nitrogens with zero attached hydrogens (tertiary/aromatic N) is 1. The average molecular weight is 229 g/mol. The molecule has 2 unspecified atom stereocenters. The van der Waals surface area contributed by atoms with Gasteiger partial charge in [-0.15, -0.1) is 0 Å². The van der Waals surface area contributed by atoms with Crippen molar-refractivity contribution in [3.05, 3.63) is 29.8 Å². The van der Waals surface area contributed by atoms with Crippen molar-refractivity contribution < 1.29 is 4.79 Å². The Bertz CT molecular complexity index is 495. The number of piperidine rings is 1. The predicted molar refractivity (Wildman–Crippen MR) is 66.8 cm³/mol. The molecule has 2 atom stereocenters. The van der Waals surface area contributed by atoms with Crippen molar-refractivity contribution in [3.63, 3.8) is 0 Å². The van der Waals surface area contributed by atoms with Crippen molar-refractivity contribution >= 4 is 17.3 Å². The molecule has 2 N–H and O–H groups in total. The topological polar surface area (TPSA) is 53.5 Å². The minimum absolute atomic E-state index is 0.00116. The summed E-state index contributed by atoms with van der Waals surface area (Å²) in [5.41, 5.74) is 3.25. The summed E-state index contributed by atoms with van der Waals surface area (Å²) in [5.74, 6) is 0.316. The lowest BCUT2D eigenvalue weighted by molar-refractivity contribution is -0.121. The van der Waals surface area contributed by atoms with Crippen LogP contribution in [-0.2, 0) is 4.79 Å². The van der Waals surface area contributed by atoms with E-state index in [-0.39, 0.29) is 11.9 Å². The van der Waals surface area contributed by atoms with Gasteiger partial charge in [0.25, 0.3) is 0 Å². The molecule has 1 saturated heterocycles. The van der Waals surface area contributed by atoms with Crippen LogP contribution < -0.4 is 10.6 Å². The maximum Gasteiger partial charge on any atom is 0.242 e. The Hall–Kier alpha value is -1.68. The Morgan fingerprint density at radius 3 is 3.12 bits per heavy atom. The second-order valence-corrected chi connectivity index (χ2v) is 4.44. The fourth-order valence-electron chi connectivity index (χ4n) is 2.68. The molecule has 1 fully saturated rings. The van der Waals surface area contributed by atoms with Gasteiger partial charge in [0.15, 0.2) is 0 Å². The third-order valence-corrected chi connectivity index (χ3v) is 3.50. The summed E-state index contributed by atoms with van der Waals surface area (Å²) in [4.78, 5) is 16.4. The van der Waals surface area contributed by atoms with Gasteiger partial charge in [0.1, 0.15) is 6.04 Å². The van der Waals surface area contributed by atoms with Gasteiger partial charge >= 0.3 is 0 Å². The molecule has 1 aromatic carbocycles. The van der Waals surface area contributed by atoms with Crippen molar-refractivity contribution in [1.82, 2.24) is 10.6 Å². The van der Waals surface area contributed by atoms with Gasteiger partial charge in [-0.2, -0.15) is 0 Å². The van der Waals surface area contributed by atoms with Crippen LogP contribution in [0.25, 0.3) is 0 Å². The number of amides is 1. The number of likely N-dealkylation sites (N-methyl/N-ethyl adjacent to an activating group) is 1. The van der Waals surface area contributed by atoms with Crippen molar-refractivity contribution in [1.29, 1.82) is 0 Å². The van der Waals surface area contributed by atoms with Crippen LogP contribution in [0.1, 0.15) is 17.9 Å². The molecule has 2 heterocycles. The van der Waals surface area contributed by atoms with Crippen molar-refractivity contribution in [3.8, 4) is 0 Å². The van der Waals surface area contributed by atoms with E-state index in [1.807, 2.05) is 18.2 Å². The van der Waals surface area contributed by atoms with E-state index in [0.29, 0.717) is 5.92 Å². The zero-order chi connectivity index (χ0) is 11.8. The van der Waals surface area contributed by atoms with Gasteiger partial charge in [-0.1, -0.05) is 18.2 Å². The molecule has 3 rings (SSSR count). The summed E-state index contributed by atoms with van der Waals surface area (Å²) in [5, 5.41) is 5.93. The fourth-order valence-corrected chi connectivity index (χ4v) is 2.68. The van der Waals surface area contributed by atoms with Gasteiger partial charge in [-0.05, 0) is 24.6 Å². The van der Waals surface area contributed by atoms with E-state index in [4.69, 9.17) is 0 Å². The summed E-state index contributed by atoms with van der Waals surface area (Å²) in [6.07, 6.45) is 1.02. The Morgan fingerprint density at radius 2 is 2.29 bits per heavy atom. The molecule has 88 valence electrons. The molecular weight excluding hydrogens is 214 g/mol. The van der Waals surface area contributed by atoms with Crippen LogP contribution in [0, 0.1) is 0 Å². The van der Waals surface area contributed by atoms with Crippen LogP contribution in [0.2, 0.25) is 0 Å². The first-order chi connectivity index (χ1) is 8.31. The number of para-hydroxylation sites is 1. The predicted octanol–water partition coefficient (Wildman–Crippen LogP) is 0.964. The molecule has 0 bridgehead atoms. The largest absolute Gasteiger partial charge is 0.357 e. The van der Waals surface area contributed by atoms with Crippen molar-refractivity contribution in [2.45, 2.75) is 18.4 Å². The Kier molecular flexibility index (Phi) is 2.44. The number of carbonyl (C=O) groups is 1. The summed E-state index contributed by atoms with van der Waals surface area (Å²) >= 11 is 0. The van der Waals surface area contributed by atoms with Crippen LogP contribution in [0.5, 0.6) is 0 Å². The smallest absolute Gasteiger partial charge is 0.242 e. The normalized spacial score (nSPS) is 25.8. The minimum atomic E-state index is -0.272. The van der Waals surface area contributed by atoms with E-state index >= 15 is 0 Å². The zero-order valence-corrected chi connectivity index (χ0v) is 9.73. The minimum Gasteiger partial charge on any atom is -0.357 e. The number of carbonyl (C=O) groups excluding carboxylic acids is 1. The molecule has 1 amide bonds. The average Bonchev–Trinajstić information content (AvgIpc) is 2.76. The van der Waals surface area contributed by atoms with E-state index in [1.54, 1.807) is 7.05 Å². The number of aliphatic imine (C=N–C) groups is 1. The van der Waals surface area contributed by atoms with E-state index in [0.717, 1.165) is 24.4 Å². The second kappa shape index (κ2) is 3.96. The third-order valence-electron chi connectivity index (χ3n) is 3.50. The first kappa shape index (κ1) is 10.5. The van der Waals surface area contributed by atoms with Gasteiger partial charge in [0.05, 0.1) is 11.4 Å². The van der Waals surface area contributed by atoms with Gasteiger partial charge in [-0.3, -0.25) is 9.79 Å². The zero-order valence-electron chi connectivity index (χ0n) is 9.73. The Balaban J connectivity index is 2.00.